The molecule has 4 aromatic rings. The number of hydrogen-bond acceptors (Lipinski definition) is 12. The highest BCUT2D eigenvalue weighted by molar-refractivity contribution is 5.88. The second-order valence-electron chi connectivity index (χ2n) is 54.9. The van der Waals surface area contributed by atoms with Gasteiger partial charge < -0.3 is 26.2 Å². The number of Topliss-reactive ketones (excluding diaryl/α,β-unsaturated/α-hetero) is 3. The van der Waals surface area contributed by atoms with Crippen LogP contribution in [-0.4, -0.2) is 145 Å². The number of nitrogens with one attached hydrogen (secondary N) is 4. The third-order valence-electron chi connectivity index (χ3n) is 23.4. The molecule has 12 nitrogen and oxygen atoms in total. The van der Waals surface area contributed by atoms with E-state index in [0.717, 1.165) is 76.2 Å². The highest BCUT2D eigenvalue weighted by atomic mass is 16.1. The van der Waals surface area contributed by atoms with Crippen LogP contribution in [0.4, 0.5) is 0 Å². The zero-order valence-corrected chi connectivity index (χ0v) is 98.0. The van der Waals surface area contributed by atoms with Crippen LogP contribution in [0.3, 0.4) is 0 Å². The number of nitrogens with zero attached hydrogens (tertiary/aromatic N) is 5. The van der Waals surface area contributed by atoms with Crippen molar-refractivity contribution in [3.05, 3.63) is 127 Å². The molecule has 4 N–H and O–H groups in total. The molecule has 4 rings (SSSR count). The van der Waals surface area contributed by atoms with Crippen LogP contribution < -0.4 is 21.3 Å². The van der Waals surface area contributed by atoms with E-state index in [1.807, 2.05) is 41.5 Å². The summed E-state index contributed by atoms with van der Waals surface area (Å²) >= 11 is 0. The number of hydrogen-bond donors (Lipinski definition) is 4. The number of benzene rings is 3. The minimum atomic E-state index is -0.0780. The van der Waals surface area contributed by atoms with Crippen molar-refractivity contribution >= 4 is 17.3 Å². The molecule has 0 aliphatic heterocycles. The topological polar surface area (TPSA) is 135 Å². The van der Waals surface area contributed by atoms with Crippen LogP contribution in [0.25, 0.3) is 0 Å². The summed E-state index contributed by atoms with van der Waals surface area (Å²) in [5.74, 6) is 1.77. The van der Waals surface area contributed by atoms with Crippen LogP contribution in [0, 0.1) is 28.6 Å². The molecule has 0 aliphatic carbocycles. The van der Waals surface area contributed by atoms with E-state index in [2.05, 4.69) is 449 Å². The molecule has 0 aliphatic rings. The van der Waals surface area contributed by atoms with Crippen molar-refractivity contribution in [1.29, 1.82) is 0 Å². The fourth-order valence-corrected chi connectivity index (χ4v) is 13.8. The second-order valence-corrected chi connectivity index (χ2v) is 54.9. The number of carbonyl (C=O) groups is 3. The molecule has 131 heavy (non-hydrogen) atoms. The molecule has 0 fully saturated rings. The van der Waals surface area contributed by atoms with Gasteiger partial charge in [0.1, 0.15) is 23.2 Å². The normalized spacial score (nSPS) is 13.2. The second kappa shape index (κ2) is 55.3. The molecule has 0 amide bonds. The van der Waals surface area contributed by atoms with E-state index in [9.17, 15) is 14.4 Å². The lowest BCUT2D eigenvalue weighted by atomic mass is 9.68. The molecule has 0 radical (unpaired) electrons. The molecule has 0 atom stereocenters. The van der Waals surface area contributed by atoms with Crippen molar-refractivity contribution in [2.45, 2.75) is 509 Å². The molecule has 12 heteroatoms. The van der Waals surface area contributed by atoms with Crippen LogP contribution in [0.1, 0.15) is 499 Å². The molecule has 1 heterocycles. The Kier molecular flexibility index (Phi) is 55.1. The van der Waals surface area contributed by atoms with Crippen LogP contribution in [0.5, 0.6) is 0 Å². The predicted molar refractivity (Wildman–Crippen MR) is 585 cm³/mol. The van der Waals surface area contributed by atoms with Gasteiger partial charge in [-0.1, -0.05) is 429 Å². The quantitative estimate of drug-likeness (QED) is 0.0282. The molecule has 1 aromatic heterocycles. The van der Waals surface area contributed by atoms with Crippen molar-refractivity contribution in [2.24, 2.45) is 28.6 Å². The largest absolute Gasteiger partial charge is 0.314 e. The van der Waals surface area contributed by atoms with Crippen LogP contribution in [0.2, 0.25) is 0 Å². The Hall–Kier alpha value is -4.53. The SMILES string of the molecule is CC(C)(C)CCC(C)(C)C.CC(C)(C)c1cc(C(C)(C)C)c(C(C)(C)C)cc1C(C)(C)C.CC(C)(C)c1cc(C(C)(C)C)cc(C(C)(C)C)c1.CC(C)(C)c1ccc(C(C)(C)C)c(C(C)(C)C)c1.CC(C)C(=O)CN(CC(=O)C(C)C)CC(=O)C(C)C.CC(C)NCCCN(CCNC(C)C)CCN(CCNC(C)C)CNC(C)C.CC(C)c1cc(C(C)(C)C)nc(C(C)C)n1. The number of rotatable bonds is 31. The van der Waals surface area contributed by atoms with Crippen molar-refractivity contribution in [1.82, 2.24) is 45.9 Å². The summed E-state index contributed by atoms with van der Waals surface area (Å²) in [7, 11) is 0. The molecular weight excluding hydrogens is 1600 g/mol. The predicted octanol–water partition coefficient (Wildman–Crippen LogP) is 29.8. The maximum Gasteiger partial charge on any atom is 0.149 e. The first kappa shape index (κ1) is 131. The van der Waals surface area contributed by atoms with Gasteiger partial charge in [0.15, 0.2) is 0 Å². The Labute approximate surface area is 816 Å². The number of aromatic nitrogens is 2. The van der Waals surface area contributed by atoms with E-state index >= 15 is 0 Å². The molecule has 0 saturated carbocycles. The van der Waals surface area contributed by atoms with Crippen molar-refractivity contribution in [3.63, 3.8) is 0 Å². The van der Waals surface area contributed by atoms with Crippen molar-refractivity contribution < 1.29 is 14.4 Å². The highest BCUT2D eigenvalue weighted by Gasteiger charge is 2.35. The van der Waals surface area contributed by atoms with Gasteiger partial charge in [-0.3, -0.25) is 24.2 Å². The Bertz CT molecular complexity index is 3610. The lowest BCUT2D eigenvalue weighted by molar-refractivity contribution is -0.128. The zero-order chi connectivity index (χ0) is 104. The van der Waals surface area contributed by atoms with Gasteiger partial charge in [0.2, 0.25) is 0 Å². The smallest absolute Gasteiger partial charge is 0.149 e. The van der Waals surface area contributed by atoms with Gasteiger partial charge in [0.25, 0.3) is 0 Å². The highest BCUT2D eigenvalue weighted by Crippen LogP contribution is 2.44. The first-order valence-corrected chi connectivity index (χ1v) is 51.5. The van der Waals surface area contributed by atoms with Crippen LogP contribution in [-0.2, 0) is 73.9 Å². The van der Waals surface area contributed by atoms with Gasteiger partial charge in [-0.05, 0) is 179 Å². The van der Waals surface area contributed by atoms with Crippen molar-refractivity contribution in [3.8, 4) is 0 Å². The molecular formula is C119H223N9O3. The molecule has 0 unspecified atom stereocenters. The summed E-state index contributed by atoms with van der Waals surface area (Å²) < 4.78 is 0. The van der Waals surface area contributed by atoms with E-state index in [0.29, 0.717) is 46.8 Å². The van der Waals surface area contributed by atoms with Gasteiger partial charge >= 0.3 is 0 Å². The van der Waals surface area contributed by atoms with Gasteiger partial charge in [-0.2, -0.15) is 0 Å². The third-order valence-corrected chi connectivity index (χ3v) is 23.4. The van der Waals surface area contributed by atoms with E-state index in [1.165, 1.54) is 74.9 Å². The van der Waals surface area contributed by atoms with Gasteiger partial charge in [-0.25, -0.2) is 9.97 Å². The fraction of sp³-hybridized carbons (Fsp3) is 0.790. The fourth-order valence-electron chi connectivity index (χ4n) is 13.8. The number of carbonyl (C=O) groups excluding carboxylic acids is 3. The number of ketones is 3. The average molecular weight is 1830 g/mol. The average Bonchev–Trinajstić information content (AvgIpc) is 0.749. The minimum Gasteiger partial charge on any atom is -0.314 e. The molecule has 3 aromatic carbocycles. The summed E-state index contributed by atoms with van der Waals surface area (Å²) in [5, 5.41) is 14.2. The van der Waals surface area contributed by atoms with E-state index in [1.54, 1.807) is 4.90 Å². The van der Waals surface area contributed by atoms with E-state index in [4.69, 9.17) is 0 Å². The van der Waals surface area contributed by atoms with Crippen LogP contribution in [0.15, 0.2) is 54.6 Å². The summed E-state index contributed by atoms with van der Waals surface area (Å²) in [4.78, 5) is 51.5. The summed E-state index contributed by atoms with van der Waals surface area (Å²) in [6.07, 6.45) is 3.87. The molecule has 762 valence electrons. The van der Waals surface area contributed by atoms with Gasteiger partial charge in [-0.15, -0.1) is 0 Å². The Morgan fingerprint density at radius 3 is 0.824 bits per heavy atom. The molecule has 0 bridgehead atoms. The van der Waals surface area contributed by atoms with E-state index < -0.39 is 0 Å². The Morgan fingerprint density at radius 1 is 0.275 bits per heavy atom. The lowest BCUT2D eigenvalue weighted by Crippen LogP contribution is -2.46. The first-order valence-electron chi connectivity index (χ1n) is 51.5. The molecule has 0 saturated heterocycles. The minimum absolute atomic E-state index is 0.0631. The Morgan fingerprint density at radius 2 is 0.565 bits per heavy atom. The first-order chi connectivity index (χ1) is 58.4. The zero-order valence-electron chi connectivity index (χ0n) is 98.0. The maximum atomic E-state index is 11.8. The van der Waals surface area contributed by atoms with Crippen molar-refractivity contribution in [2.75, 3.05) is 78.7 Å². The van der Waals surface area contributed by atoms with Crippen LogP contribution >= 0.6 is 0 Å². The summed E-state index contributed by atoms with van der Waals surface area (Å²) in [6, 6.07) is 23.6. The summed E-state index contributed by atoms with van der Waals surface area (Å²) in [6.45, 7) is 137. The lowest BCUT2D eigenvalue weighted by Gasteiger charge is -2.37. The van der Waals surface area contributed by atoms with Gasteiger partial charge in [0, 0.05) is 111 Å². The molecule has 0 spiro atoms. The van der Waals surface area contributed by atoms with E-state index in [-0.39, 0.29) is 114 Å². The Balaban J connectivity index is -0.00000148. The maximum absolute atomic E-state index is 11.8. The standard InChI is InChI=1S/C22H52N6.C22H38.2C18H30.C15H27NO3.C14H24N2.C10H22/c1-19(2)23-10-9-13-27(14-11-24-20(3)4)16-17-28(18-26-22(7)8)15-12-25-21(5)6;1-19(2,3)15-13-17(21(7,8)9)18(22(10,11)12)14-16(15)20(4,5)6;1-16(2,3)13-10-14(17(4,5)6)12-15(11-13)18(7,8)9;1-16(2,3)13-10-11-14(17(4,5)6)15(12-13)18(7,8)9;1-10(2)13(17)7-16(8-14(18)11(3)4)9-15(19)12(5)6;1-9(2)11-8-12(14(5,6)7)16-13(15-11)10(3)4;1-9(2,3)7-8-10(4,5)6/h19-26H,9-18H2,1-8H3;13-14H,1-12H3;2*10-12H,1-9H3;10-12H,7-9H2,1-6H3;8-10H,1-7H3;7-8H2,1-6H3. The van der Waals surface area contributed by atoms with Gasteiger partial charge in [0.05, 0.1) is 19.6 Å². The summed E-state index contributed by atoms with van der Waals surface area (Å²) in [5.41, 5.74) is 20.0. The third kappa shape index (κ3) is 57.4. The monoisotopic (exact) mass is 1830 g/mol.